The van der Waals surface area contributed by atoms with E-state index in [-0.39, 0.29) is 47.2 Å². The Hall–Kier alpha value is -1.52. The van der Waals surface area contributed by atoms with Crippen molar-refractivity contribution in [1.29, 1.82) is 0 Å². The molecule has 0 aromatic heterocycles. The molecule has 12 rings (SSSR count). The van der Waals surface area contributed by atoms with Gasteiger partial charge in [0.1, 0.15) is 165 Å². The minimum absolute atomic E-state index is 0.0156. The van der Waals surface area contributed by atoms with E-state index in [1.54, 1.807) is 7.11 Å². The van der Waals surface area contributed by atoms with Gasteiger partial charge in [-0.3, -0.25) is 0 Å². The second kappa shape index (κ2) is 35.0. The zero-order chi connectivity index (χ0) is 78.2. The standard InChI is InChI=1S/C70H118O38/c1-24(23-94-61-49(86)46(83)41(78)33(17-71)97-61)9-14-70(93-6)25(2)39-32(108-70)16-31-29-8-7-27-15-28(10-12-68(27,4)30(29)11-13-69(31,39)5)96-67-60(107-66-55(92)59(44(81)36(20-74)100-66)105-63-51(88)47(84)42(79)34(18-72)98-63)53(90)57(38(22-76)102-67)104-65-54(91)58(43(80)35(19-73)99-65)106-64-52(89)48(85)56(37(21-75)101-64)103-62-50(87)45(82)40(77)26(3)95-62/h24-67,71-92H,7-23H2,1-6H3. The first kappa shape index (κ1) is 85.8. The van der Waals surface area contributed by atoms with Gasteiger partial charge in [-0.15, -0.1) is 0 Å². The number of methoxy groups -OCH3 is 1. The van der Waals surface area contributed by atoms with Gasteiger partial charge >= 0.3 is 0 Å². The molecule has 0 amide bonds. The molecule has 38 heteroatoms. The monoisotopic (exact) mass is 1570 g/mol. The molecule has 626 valence electrons. The van der Waals surface area contributed by atoms with Crippen molar-refractivity contribution in [2.45, 2.75) is 332 Å². The Morgan fingerprint density at radius 3 is 1.36 bits per heavy atom. The number of fused-ring (bicyclic) bond motifs is 7. The largest absolute Gasteiger partial charge is 0.394 e. The molecule has 0 radical (unpaired) electrons. The first-order valence-electron chi connectivity index (χ1n) is 38.2. The van der Waals surface area contributed by atoms with E-state index in [1.807, 2.05) is 6.92 Å². The van der Waals surface area contributed by atoms with Crippen LogP contribution in [-0.4, -0.2) is 399 Å². The molecule has 4 saturated carbocycles. The van der Waals surface area contributed by atoms with Gasteiger partial charge in [0.15, 0.2) is 49.8 Å². The lowest BCUT2D eigenvalue weighted by molar-refractivity contribution is -0.405. The summed E-state index contributed by atoms with van der Waals surface area (Å²) >= 11 is 0. The molecule has 12 fully saturated rings. The Morgan fingerprint density at radius 1 is 0.389 bits per heavy atom. The van der Waals surface area contributed by atoms with Crippen LogP contribution in [0.5, 0.6) is 0 Å². The van der Waals surface area contributed by atoms with Crippen LogP contribution in [0.1, 0.15) is 98.8 Å². The molecule has 47 unspecified atom stereocenters. The Kier molecular flexibility index (Phi) is 27.8. The fraction of sp³-hybridized carbons (Fsp3) is 1.00. The van der Waals surface area contributed by atoms with Crippen LogP contribution >= 0.6 is 0 Å². The average Bonchev–Trinajstić information content (AvgIpc) is 1.52. The highest BCUT2D eigenvalue weighted by molar-refractivity contribution is 5.16. The summed E-state index contributed by atoms with van der Waals surface area (Å²) < 4.78 is 97.2. The fourth-order valence-electron chi connectivity index (χ4n) is 20.4. The number of aliphatic hydroxyl groups is 22. The van der Waals surface area contributed by atoms with Gasteiger partial charge in [0.25, 0.3) is 0 Å². The maximum atomic E-state index is 12.8. The van der Waals surface area contributed by atoms with E-state index in [1.165, 1.54) is 6.92 Å². The molecule has 4 aliphatic carbocycles. The molecular weight excluding hydrogens is 1450 g/mol. The van der Waals surface area contributed by atoms with Gasteiger partial charge < -0.3 is 188 Å². The highest BCUT2D eigenvalue weighted by Gasteiger charge is 2.70. The Morgan fingerprint density at radius 2 is 0.824 bits per heavy atom. The third kappa shape index (κ3) is 16.0. The Labute approximate surface area is 623 Å². The van der Waals surface area contributed by atoms with Crippen LogP contribution in [0, 0.1) is 52.3 Å². The first-order valence-corrected chi connectivity index (χ1v) is 38.2. The van der Waals surface area contributed by atoms with Gasteiger partial charge in [-0.25, -0.2) is 0 Å². The van der Waals surface area contributed by atoms with Gasteiger partial charge in [-0.05, 0) is 111 Å². The SMILES string of the molecule is COC1(CCC(C)COC2OC(CO)C(O)C(O)C2O)OC2CC3C4CCC5CC(OC6OC(CO)C(OC7OC(CO)C(O)C(OC8OC(CO)C(OC9OC(C)C(O)C(O)C9O)C(O)C8O)C7O)C(O)C6OC6OC(CO)C(O)C(OC7OC(CO)C(O)C(O)C7O)C6O)CCC5(C)C4CCC3(C)C2C1C. The third-order valence-electron chi connectivity index (χ3n) is 26.7. The van der Waals surface area contributed by atoms with Crippen LogP contribution in [0.3, 0.4) is 0 Å². The van der Waals surface area contributed by atoms with Crippen molar-refractivity contribution in [2.24, 2.45) is 52.3 Å². The van der Waals surface area contributed by atoms with Crippen LogP contribution < -0.4 is 0 Å². The Bertz CT molecular complexity index is 2850. The summed E-state index contributed by atoms with van der Waals surface area (Å²) in [5.41, 5.74) is -0.251. The van der Waals surface area contributed by atoms with E-state index in [0.29, 0.717) is 49.9 Å². The van der Waals surface area contributed by atoms with E-state index in [9.17, 15) is 112 Å². The molecule has 38 nitrogen and oxygen atoms in total. The molecule has 12 aliphatic rings. The fourth-order valence-corrected chi connectivity index (χ4v) is 20.4. The van der Waals surface area contributed by atoms with E-state index in [2.05, 4.69) is 20.8 Å². The van der Waals surface area contributed by atoms with Gasteiger partial charge in [0.2, 0.25) is 0 Å². The van der Waals surface area contributed by atoms with Gasteiger partial charge in [0.05, 0.1) is 64.6 Å². The van der Waals surface area contributed by atoms with Gasteiger partial charge in [-0.1, -0.05) is 27.7 Å². The van der Waals surface area contributed by atoms with Crippen LogP contribution in [0.15, 0.2) is 0 Å². The lowest BCUT2D eigenvalue weighted by atomic mass is 9.44. The van der Waals surface area contributed by atoms with Gasteiger partial charge in [0, 0.05) is 19.4 Å². The normalized spacial score (nSPS) is 55.1. The molecule has 0 bridgehead atoms. The van der Waals surface area contributed by atoms with Crippen molar-refractivity contribution >= 4 is 0 Å². The third-order valence-corrected chi connectivity index (χ3v) is 26.7. The summed E-state index contributed by atoms with van der Waals surface area (Å²) in [5.74, 6) is 0.382. The van der Waals surface area contributed by atoms with Crippen molar-refractivity contribution < 1.29 is 188 Å². The van der Waals surface area contributed by atoms with Crippen molar-refractivity contribution in [3.63, 3.8) is 0 Å². The predicted molar refractivity (Wildman–Crippen MR) is 353 cm³/mol. The molecule has 0 aromatic carbocycles. The highest BCUT2D eigenvalue weighted by Crippen LogP contribution is 2.71. The zero-order valence-corrected chi connectivity index (χ0v) is 61.3. The summed E-state index contributed by atoms with van der Waals surface area (Å²) in [7, 11) is 1.68. The van der Waals surface area contributed by atoms with Crippen LogP contribution in [0.25, 0.3) is 0 Å². The molecule has 0 spiro atoms. The number of hydrogen-bond donors (Lipinski definition) is 22. The molecule has 108 heavy (non-hydrogen) atoms. The average molecular weight is 1570 g/mol. The lowest BCUT2D eigenvalue weighted by Crippen LogP contribution is -2.68. The molecule has 22 N–H and O–H groups in total. The van der Waals surface area contributed by atoms with Crippen molar-refractivity contribution in [1.82, 2.24) is 0 Å². The second-order valence-electron chi connectivity index (χ2n) is 32.8. The highest BCUT2D eigenvalue weighted by atomic mass is 16.8. The van der Waals surface area contributed by atoms with Crippen molar-refractivity contribution in [3.05, 3.63) is 0 Å². The van der Waals surface area contributed by atoms with Crippen molar-refractivity contribution in [2.75, 3.05) is 53.4 Å². The quantitative estimate of drug-likeness (QED) is 0.0378. The molecule has 8 saturated heterocycles. The van der Waals surface area contributed by atoms with Crippen molar-refractivity contribution in [3.8, 4) is 0 Å². The summed E-state index contributed by atoms with van der Waals surface area (Å²) in [5, 5.41) is 240. The minimum Gasteiger partial charge on any atom is -0.394 e. The Balaban J connectivity index is 0.741. The minimum atomic E-state index is -2.21. The maximum absolute atomic E-state index is 12.8. The molecule has 47 atom stereocenters. The van der Waals surface area contributed by atoms with Gasteiger partial charge in [-0.2, -0.15) is 0 Å². The van der Waals surface area contributed by atoms with Crippen LogP contribution in [0.4, 0.5) is 0 Å². The zero-order valence-electron chi connectivity index (χ0n) is 61.3. The topological polar surface area (TPSA) is 593 Å². The summed E-state index contributed by atoms with van der Waals surface area (Å²) in [6, 6.07) is 0. The van der Waals surface area contributed by atoms with Crippen LogP contribution in [0.2, 0.25) is 0 Å². The summed E-state index contributed by atoms with van der Waals surface area (Å²) in [6.45, 7) is 5.14. The smallest absolute Gasteiger partial charge is 0.187 e. The molecular formula is C70H118O38. The van der Waals surface area contributed by atoms with E-state index < -0.39 is 266 Å². The predicted octanol–water partition coefficient (Wildman–Crippen LogP) is -8.80. The number of ether oxygens (including phenoxy) is 16. The maximum Gasteiger partial charge on any atom is 0.187 e. The van der Waals surface area contributed by atoms with Crippen LogP contribution in [-0.2, 0) is 75.8 Å². The van der Waals surface area contributed by atoms with E-state index in [4.69, 9.17) is 75.8 Å². The molecule has 0 aromatic rings. The number of aliphatic hydroxyl groups excluding tert-OH is 22. The summed E-state index contributed by atoms with van der Waals surface area (Å²) in [6.07, 6.45) is -56.3. The first-order chi connectivity index (χ1) is 51.3. The van der Waals surface area contributed by atoms with E-state index in [0.717, 1.165) is 32.1 Å². The second-order valence-corrected chi connectivity index (χ2v) is 32.8. The number of rotatable bonds is 25. The number of hydrogen-bond acceptors (Lipinski definition) is 38. The van der Waals surface area contributed by atoms with E-state index >= 15 is 0 Å². The lowest BCUT2D eigenvalue weighted by Gasteiger charge is -2.61. The summed E-state index contributed by atoms with van der Waals surface area (Å²) in [4.78, 5) is 0. The molecule has 8 aliphatic heterocycles. The molecule has 8 heterocycles.